The first kappa shape index (κ1) is 51.0. The summed E-state index contributed by atoms with van der Waals surface area (Å²) in [5.41, 5.74) is 0.613. The Morgan fingerprint density at radius 2 is 0.700 bits per heavy atom. The van der Waals surface area contributed by atoms with E-state index in [1.54, 1.807) is 0 Å². The zero-order valence-electron chi connectivity index (χ0n) is 37.4. The average Bonchev–Trinajstić information content (AvgIpc) is 3.96. The van der Waals surface area contributed by atoms with Gasteiger partial charge in [0.2, 0.25) is 0 Å². The summed E-state index contributed by atoms with van der Waals surface area (Å²) in [7, 11) is 0. The van der Waals surface area contributed by atoms with E-state index in [9.17, 15) is 38.4 Å². The summed E-state index contributed by atoms with van der Waals surface area (Å²) < 4.78 is 63.7. The highest BCUT2D eigenvalue weighted by Gasteiger charge is 2.51. The minimum atomic E-state index is -0.945. The Balaban J connectivity index is 0.876. The molecule has 2 aliphatic heterocycles. The minimum Gasteiger partial charge on any atom is -0.463 e. The molecule has 0 aliphatic carbocycles. The van der Waals surface area contributed by atoms with E-state index >= 15 is 0 Å². The third-order valence-electron chi connectivity index (χ3n) is 10.0. The van der Waals surface area contributed by atoms with E-state index in [0.29, 0.717) is 25.7 Å². The molecule has 2 aliphatic rings. The van der Waals surface area contributed by atoms with Crippen molar-refractivity contribution in [1.29, 1.82) is 0 Å². The fourth-order valence-corrected chi connectivity index (χ4v) is 6.44. The summed E-state index contributed by atoms with van der Waals surface area (Å²) in [6, 6.07) is 22.4. The smallest absolute Gasteiger partial charge is 0.463 e. The van der Waals surface area contributed by atoms with Gasteiger partial charge in [-0.3, -0.25) is 0 Å². The van der Waals surface area contributed by atoms with Gasteiger partial charge in [-0.05, 0) is 123 Å². The second-order valence-corrected chi connectivity index (χ2v) is 14.9. The molecule has 2 fully saturated rings. The Morgan fingerprint density at radius 3 is 1.01 bits per heavy atom. The number of rotatable bonds is 22. The molecule has 20 heteroatoms. The van der Waals surface area contributed by atoms with Gasteiger partial charge in [-0.25, -0.2) is 38.4 Å². The van der Waals surface area contributed by atoms with Crippen molar-refractivity contribution in [2.45, 2.75) is 50.1 Å². The topological polar surface area (TPSA) is 247 Å². The average molecular weight is 967 g/mol. The van der Waals surface area contributed by atoms with Gasteiger partial charge in [0.05, 0.1) is 61.9 Å². The maximum absolute atomic E-state index is 13.1. The summed E-state index contributed by atoms with van der Waals surface area (Å²) >= 11 is 0. The van der Waals surface area contributed by atoms with Crippen molar-refractivity contribution in [3.8, 4) is 23.0 Å². The number of carbonyl (C=O) groups excluding carboxylic acids is 8. The summed E-state index contributed by atoms with van der Waals surface area (Å²) in [6.45, 7) is 6.98. The van der Waals surface area contributed by atoms with Gasteiger partial charge in [0.1, 0.15) is 35.2 Å². The normalized spacial score (nSPS) is 16.5. The Hall–Kier alpha value is -8.36. The molecule has 4 atom stereocenters. The molecule has 0 N–H and O–H groups in total. The Labute approximate surface area is 399 Å². The number of carbonyl (C=O) groups is 8. The first-order chi connectivity index (χ1) is 33.9. The van der Waals surface area contributed by atoms with Gasteiger partial charge in [0.15, 0.2) is 12.2 Å². The molecular formula is C50H46O20. The van der Waals surface area contributed by atoms with Crippen LogP contribution in [0.15, 0.2) is 122 Å². The molecule has 6 rings (SSSR count). The van der Waals surface area contributed by atoms with Crippen molar-refractivity contribution >= 4 is 48.1 Å². The number of hydrogen-bond donors (Lipinski definition) is 0. The molecule has 0 aromatic heterocycles. The number of benzene rings is 4. The molecule has 0 saturated carbocycles. The van der Waals surface area contributed by atoms with Crippen LogP contribution in [0.4, 0.5) is 9.59 Å². The second-order valence-electron chi connectivity index (χ2n) is 14.9. The van der Waals surface area contributed by atoms with E-state index in [2.05, 4.69) is 13.2 Å². The quantitative estimate of drug-likeness (QED) is 0.0198. The summed E-state index contributed by atoms with van der Waals surface area (Å²) in [5, 5.41) is 0. The van der Waals surface area contributed by atoms with Gasteiger partial charge in [-0.1, -0.05) is 13.2 Å². The van der Waals surface area contributed by atoms with Crippen LogP contribution in [0.1, 0.15) is 67.1 Å². The Morgan fingerprint density at radius 1 is 0.414 bits per heavy atom. The maximum atomic E-state index is 13.1. The van der Waals surface area contributed by atoms with Crippen LogP contribution in [0.3, 0.4) is 0 Å². The number of hydrogen-bond acceptors (Lipinski definition) is 20. The molecule has 366 valence electrons. The lowest BCUT2D eigenvalue weighted by Gasteiger charge is -2.17. The zero-order valence-corrected chi connectivity index (χ0v) is 37.4. The van der Waals surface area contributed by atoms with Gasteiger partial charge < -0.3 is 56.8 Å². The molecule has 20 nitrogen and oxygen atoms in total. The molecule has 0 radical (unpaired) electrons. The third-order valence-corrected chi connectivity index (χ3v) is 10.0. The molecule has 2 unspecified atom stereocenters. The molecule has 2 saturated heterocycles. The van der Waals surface area contributed by atoms with Gasteiger partial charge in [-0.2, -0.15) is 0 Å². The number of ether oxygens (including phenoxy) is 12. The molecule has 4 aromatic rings. The van der Waals surface area contributed by atoms with Gasteiger partial charge in [0, 0.05) is 12.2 Å². The molecule has 4 aromatic carbocycles. The van der Waals surface area contributed by atoms with Gasteiger partial charge >= 0.3 is 48.1 Å². The fourth-order valence-electron chi connectivity index (χ4n) is 6.44. The molecule has 2 heterocycles. The van der Waals surface area contributed by atoms with Crippen molar-refractivity contribution < 1.29 is 95.2 Å². The predicted octanol–water partition coefficient (Wildman–Crippen LogP) is 6.72. The zero-order chi connectivity index (χ0) is 49.8. The summed E-state index contributed by atoms with van der Waals surface area (Å²) in [4.78, 5) is 97.6. The lowest BCUT2D eigenvalue weighted by atomic mass is 10.1. The van der Waals surface area contributed by atoms with Crippen LogP contribution in [-0.4, -0.2) is 112 Å². The predicted molar refractivity (Wildman–Crippen MR) is 238 cm³/mol. The lowest BCUT2D eigenvalue weighted by Crippen LogP contribution is -2.36. The first-order valence-electron chi connectivity index (χ1n) is 21.7. The molecule has 0 bridgehead atoms. The standard InChI is InChI=1S/C50H46O20/c1-3-41(51)59-25-5-7-27-61-49(57)67-37-21-13-31(14-22-37)45(53)65-35-17-9-33(10-18-35)47(55)69-39-29-63-44-40(30-64-43(39)44)70-48(56)34-11-19-36(20-12-34)66-46(54)32-15-23-38(24-16-32)68-50(58)62-28-8-6-26-60-42(52)4-2/h3-4,9-24,39-40,43-44H,1-2,5-8,25-30H2/t39-,40?,43?,44-/m1/s1. The molecule has 0 amide bonds. The van der Waals surface area contributed by atoms with Crippen molar-refractivity contribution in [3.63, 3.8) is 0 Å². The van der Waals surface area contributed by atoms with E-state index in [1.807, 2.05) is 0 Å². The highest BCUT2D eigenvalue weighted by Crippen LogP contribution is 2.32. The monoisotopic (exact) mass is 966 g/mol. The molecule has 70 heavy (non-hydrogen) atoms. The number of fused-ring (bicyclic) bond motifs is 1. The van der Waals surface area contributed by atoms with E-state index in [-0.39, 0.29) is 84.9 Å². The SMILES string of the molecule is C=CC(=O)OCCCCOC(=O)Oc1ccc(C(=O)Oc2ccc(C(=O)OC3COC4[C@@H]3OC[C@H]4OC(=O)c3ccc(OC(=O)c4ccc(OC(=O)OCCCCOC(=O)C=C)cc4)cc3)cc2)cc1. The van der Waals surface area contributed by atoms with Crippen LogP contribution in [0, 0.1) is 0 Å². The highest BCUT2D eigenvalue weighted by atomic mass is 16.7. The third kappa shape index (κ3) is 15.3. The van der Waals surface area contributed by atoms with Crippen LogP contribution in [0.2, 0.25) is 0 Å². The molecular weight excluding hydrogens is 921 g/mol. The van der Waals surface area contributed by atoms with Gasteiger partial charge in [-0.15, -0.1) is 0 Å². The lowest BCUT2D eigenvalue weighted by molar-refractivity contribution is -0.138. The Kier molecular flexibility index (Phi) is 18.7. The first-order valence-corrected chi connectivity index (χ1v) is 21.7. The highest BCUT2D eigenvalue weighted by molar-refractivity contribution is 5.93. The number of esters is 6. The second kappa shape index (κ2) is 25.7. The van der Waals surface area contributed by atoms with Crippen LogP contribution in [0.5, 0.6) is 23.0 Å². The Bertz CT molecular complexity index is 2320. The van der Waals surface area contributed by atoms with Crippen LogP contribution in [-0.2, 0) is 47.5 Å². The van der Waals surface area contributed by atoms with Gasteiger partial charge in [0.25, 0.3) is 0 Å². The number of unbranched alkanes of at least 4 members (excludes halogenated alkanes) is 2. The minimum absolute atomic E-state index is 0.0198. The maximum Gasteiger partial charge on any atom is 0.513 e. The van der Waals surface area contributed by atoms with E-state index in [0.717, 1.165) is 12.2 Å². The fraction of sp³-hybridized carbons (Fsp3) is 0.280. The van der Waals surface area contributed by atoms with E-state index in [1.165, 1.54) is 97.1 Å². The summed E-state index contributed by atoms with van der Waals surface area (Å²) in [6.07, 6.45) is -0.999. The van der Waals surface area contributed by atoms with E-state index < -0.39 is 72.5 Å². The molecule has 0 spiro atoms. The van der Waals surface area contributed by atoms with Crippen molar-refractivity contribution in [2.24, 2.45) is 0 Å². The van der Waals surface area contributed by atoms with Crippen molar-refractivity contribution in [1.82, 2.24) is 0 Å². The van der Waals surface area contributed by atoms with Crippen molar-refractivity contribution in [2.75, 3.05) is 39.6 Å². The van der Waals surface area contributed by atoms with Crippen LogP contribution >= 0.6 is 0 Å². The van der Waals surface area contributed by atoms with Crippen LogP contribution < -0.4 is 18.9 Å². The van der Waals surface area contributed by atoms with E-state index in [4.69, 9.17) is 56.8 Å². The van der Waals surface area contributed by atoms with Crippen LogP contribution in [0.25, 0.3) is 0 Å². The van der Waals surface area contributed by atoms with Crippen molar-refractivity contribution in [3.05, 3.63) is 145 Å². The largest absolute Gasteiger partial charge is 0.513 e. The summed E-state index contributed by atoms with van der Waals surface area (Å²) in [5.74, 6) is -3.35.